The number of benzene rings is 1. The third-order valence-corrected chi connectivity index (χ3v) is 3.47. The summed E-state index contributed by atoms with van der Waals surface area (Å²) in [5.41, 5.74) is 2.59. The molecule has 0 fully saturated rings. The molecule has 0 amide bonds. The van der Waals surface area contributed by atoms with Crippen LogP contribution in [-0.2, 0) is 12.3 Å². The minimum Gasteiger partial charge on any atom is -0.127 e. The van der Waals surface area contributed by atoms with Crippen LogP contribution in [0.3, 0.4) is 0 Å². The van der Waals surface area contributed by atoms with Crippen LogP contribution in [0.25, 0.3) is 0 Å². The van der Waals surface area contributed by atoms with Crippen LogP contribution in [0.1, 0.15) is 17.5 Å². The maximum Gasteiger partial charge on any atom is 0.0487 e. The number of hydrogen-bond acceptors (Lipinski definition) is 0. The molecule has 72 valence electrons. The first-order chi connectivity index (χ1) is 6.29. The average Bonchev–Trinajstić information content (AvgIpc) is 2.15. The van der Waals surface area contributed by atoms with Crippen molar-refractivity contribution >= 4 is 45.8 Å². The van der Waals surface area contributed by atoms with Crippen molar-refractivity contribution in [3.8, 4) is 0 Å². The molecule has 0 radical (unpaired) electrons. The lowest BCUT2D eigenvalue weighted by atomic mass is 10.0. The molecular weight excluding hydrogens is 318 g/mol. The fraction of sp³-hybridized carbons (Fsp3) is 0.400. The standard InChI is InChI=1S/C10H11Cl2I/c11-6-2-4-8-3-1-5-10(13)9(8)7-12/h1,3,5H,2,4,6-7H2. The molecule has 0 saturated carbocycles. The summed E-state index contributed by atoms with van der Waals surface area (Å²) in [7, 11) is 0. The van der Waals surface area contributed by atoms with Gasteiger partial charge in [0.05, 0.1) is 0 Å². The Morgan fingerprint density at radius 3 is 2.62 bits per heavy atom. The second-order valence-corrected chi connectivity index (χ2v) is 4.61. The quantitative estimate of drug-likeness (QED) is 0.574. The van der Waals surface area contributed by atoms with Gasteiger partial charge >= 0.3 is 0 Å². The Morgan fingerprint density at radius 1 is 1.23 bits per heavy atom. The fourth-order valence-electron chi connectivity index (χ4n) is 1.24. The SMILES string of the molecule is ClCCCc1cccc(I)c1CCl. The number of aryl methyl sites for hydroxylation is 1. The van der Waals surface area contributed by atoms with Crippen molar-refractivity contribution in [1.82, 2.24) is 0 Å². The summed E-state index contributed by atoms with van der Waals surface area (Å²) in [6.45, 7) is 0. The van der Waals surface area contributed by atoms with Gasteiger partial charge in [0.1, 0.15) is 0 Å². The van der Waals surface area contributed by atoms with Gasteiger partial charge in [-0.3, -0.25) is 0 Å². The highest BCUT2D eigenvalue weighted by Gasteiger charge is 2.04. The molecule has 0 aliphatic heterocycles. The van der Waals surface area contributed by atoms with Crippen LogP contribution >= 0.6 is 45.8 Å². The van der Waals surface area contributed by atoms with Crippen LogP contribution in [0.5, 0.6) is 0 Å². The Balaban J connectivity index is 2.85. The first-order valence-electron chi connectivity index (χ1n) is 4.17. The Labute approximate surface area is 103 Å². The summed E-state index contributed by atoms with van der Waals surface area (Å²) in [5, 5.41) is 0. The van der Waals surface area contributed by atoms with E-state index < -0.39 is 0 Å². The largest absolute Gasteiger partial charge is 0.127 e. The van der Waals surface area contributed by atoms with E-state index in [0.717, 1.165) is 12.8 Å². The molecule has 0 saturated heterocycles. The fourth-order valence-corrected chi connectivity index (χ4v) is 2.66. The Hall–Kier alpha value is 0.530. The van der Waals surface area contributed by atoms with Crippen molar-refractivity contribution < 1.29 is 0 Å². The third-order valence-electron chi connectivity index (χ3n) is 1.93. The van der Waals surface area contributed by atoms with E-state index >= 15 is 0 Å². The molecule has 0 aliphatic carbocycles. The predicted octanol–water partition coefficient (Wildman–Crippen LogP) is 4.20. The van der Waals surface area contributed by atoms with E-state index in [1.165, 1.54) is 14.7 Å². The molecule has 0 spiro atoms. The van der Waals surface area contributed by atoms with Crippen molar-refractivity contribution in [3.05, 3.63) is 32.9 Å². The molecule has 1 aromatic carbocycles. The van der Waals surface area contributed by atoms with Crippen LogP contribution in [0.2, 0.25) is 0 Å². The normalized spacial score (nSPS) is 10.4. The van der Waals surface area contributed by atoms with Gasteiger partial charge in [-0.25, -0.2) is 0 Å². The summed E-state index contributed by atoms with van der Waals surface area (Å²) >= 11 is 13.9. The molecular formula is C10H11Cl2I. The summed E-state index contributed by atoms with van der Waals surface area (Å²) in [6, 6.07) is 6.29. The van der Waals surface area contributed by atoms with E-state index in [-0.39, 0.29) is 0 Å². The first-order valence-corrected chi connectivity index (χ1v) is 6.32. The average molecular weight is 329 g/mol. The molecule has 0 heterocycles. The van der Waals surface area contributed by atoms with Gasteiger partial charge in [0.2, 0.25) is 0 Å². The lowest BCUT2D eigenvalue weighted by molar-refractivity contribution is 0.915. The lowest BCUT2D eigenvalue weighted by Gasteiger charge is -2.07. The van der Waals surface area contributed by atoms with Crippen LogP contribution in [-0.4, -0.2) is 5.88 Å². The molecule has 0 unspecified atom stereocenters. The first kappa shape index (κ1) is 11.6. The highest BCUT2D eigenvalue weighted by atomic mass is 127. The summed E-state index contributed by atoms with van der Waals surface area (Å²) in [5.74, 6) is 1.31. The van der Waals surface area contributed by atoms with Crippen molar-refractivity contribution in [1.29, 1.82) is 0 Å². The molecule has 0 aromatic heterocycles. The maximum absolute atomic E-state index is 5.88. The van der Waals surface area contributed by atoms with Gasteiger partial charge in [0, 0.05) is 15.3 Å². The minimum absolute atomic E-state index is 0.594. The Kier molecular flexibility index (Phi) is 5.44. The van der Waals surface area contributed by atoms with Crippen LogP contribution < -0.4 is 0 Å². The van der Waals surface area contributed by atoms with Crippen LogP contribution in [0, 0.1) is 3.57 Å². The van der Waals surface area contributed by atoms with E-state index in [4.69, 9.17) is 23.2 Å². The summed E-state index contributed by atoms with van der Waals surface area (Å²) in [6.07, 6.45) is 2.05. The zero-order valence-corrected chi connectivity index (χ0v) is 10.9. The monoisotopic (exact) mass is 328 g/mol. The molecule has 13 heavy (non-hydrogen) atoms. The van der Waals surface area contributed by atoms with Crippen LogP contribution in [0.4, 0.5) is 0 Å². The lowest BCUT2D eigenvalue weighted by Crippen LogP contribution is -1.95. The zero-order valence-electron chi connectivity index (χ0n) is 7.19. The Bertz CT molecular complexity index is 274. The molecule has 1 rings (SSSR count). The highest BCUT2D eigenvalue weighted by Crippen LogP contribution is 2.20. The number of hydrogen-bond donors (Lipinski definition) is 0. The van der Waals surface area contributed by atoms with Gasteiger partial charge in [0.25, 0.3) is 0 Å². The van der Waals surface area contributed by atoms with Crippen LogP contribution in [0.15, 0.2) is 18.2 Å². The van der Waals surface area contributed by atoms with Crippen molar-refractivity contribution in [2.24, 2.45) is 0 Å². The van der Waals surface area contributed by atoms with Gasteiger partial charge in [-0.1, -0.05) is 12.1 Å². The second kappa shape index (κ2) is 6.10. The predicted molar refractivity (Wildman–Crippen MR) is 67.8 cm³/mol. The number of halogens is 3. The highest BCUT2D eigenvalue weighted by molar-refractivity contribution is 14.1. The van der Waals surface area contributed by atoms with E-state index in [9.17, 15) is 0 Å². The van der Waals surface area contributed by atoms with Gasteiger partial charge in [-0.05, 0) is 52.6 Å². The van der Waals surface area contributed by atoms with E-state index in [1.54, 1.807) is 0 Å². The van der Waals surface area contributed by atoms with Crippen molar-refractivity contribution in [3.63, 3.8) is 0 Å². The summed E-state index contributed by atoms with van der Waals surface area (Å²) < 4.78 is 1.25. The van der Waals surface area contributed by atoms with Gasteiger partial charge < -0.3 is 0 Å². The molecule has 0 bridgehead atoms. The molecule has 0 N–H and O–H groups in total. The molecule has 0 nitrogen and oxygen atoms in total. The molecule has 3 heteroatoms. The van der Waals surface area contributed by atoms with E-state index in [1.807, 2.05) is 0 Å². The maximum atomic E-state index is 5.88. The topological polar surface area (TPSA) is 0 Å². The van der Waals surface area contributed by atoms with E-state index in [2.05, 4.69) is 40.8 Å². The molecule has 0 aliphatic rings. The third kappa shape index (κ3) is 3.30. The molecule has 0 atom stereocenters. The van der Waals surface area contributed by atoms with Gasteiger partial charge in [-0.2, -0.15) is 0 Å². The number of alkyl halides is 2. The van der Waals surface area contributed by atoms with Crippen molar-refractivity contribution in [2.75, 3.05) is 5.88 Å². The Morgan fingerprint density at radius 2 is 2.00 bits per heavy atom. The second-order valence-electron chi connectivity index (χ2n) is 2.80. The molecule has 1 aromatic rings. The minimum atomic E-state index is 0.594. The smallest absolute Gasteiger partial charge is 0.0487 e. The summed E-state index contributed by atoms with van der Waals surface area (Å²) in [4.78, 5) is 0. The van der Waals surface area contributed by atoms with Crippen molar-refractivity contribution in [2.45, 2.75) is 18.7 Å². The zero-order chi connectivity index (χ0) is 9.68. The number of rotatable bonds is 4. The van der Waals surface area contributed by atoms with Gasteiger partial charge in [0.15, 0.2) is 0 Å². The van der Waals surface area contributed by atoms with E-state index in [0.29, 0.717) is 11.8 Å². The van der Waals surface area contributed by atoms with Gasteiger partial charge in [-0.15, -0.1) is 23.2 Å².